The molecule has 0 aromatic heterocycles. The summed E-state index contributed by atoms with van der Waals surface area (Å²) in [7, 11) is -7.56. The molecule has 3 N–H and O–H groups in total. The molecule has 0 unspecified atom stereocenters. The summed E-state index contributed by atoms with van der Waals surface area (Å²) in [4.78, 5) is -0.300. The maximum absolute atomic E-state index is 11.9. The number of rotatable bonds is 5. The quantitative estimate of drug-likeness (QED) is 0.797. The standard InChI is InChI=1S/C10H14N2O4S2/c11-17(13,14)9-2-1-3-10(6-9)18(15,16)12-7-8-4-5-8/h1-3,6,8,12H,4-5,7H2,(H2,11,13,14). The number of nitrogens with two attached hydrogens (primary N) is 1. The zero-order valence-electron chi connectivity index (χ0n) is 9.53. The molecule has 0 spiro atoms. The van der Waals surface area contributed by atoms with Gasteiger partial charge in [0.15, 0.2) is 0 Å². The molecule has 100 valence electrons. The molecule has 1 aliphatic carbocycles. The molecule has 1 aromatic carbocycles. The van der Waals surface area contributed by atoms with Crippen molar-refractivity contribution < 1.29 is 16.8 Å². The SMILES string of the molecule is NS(=O)(=O)c1cccc(S(=O)(=O)NCC2CC2)c1. The molecule has 1 saturated carbocycles. The van der Waals surface area contributed by atoms with Gasteiger partial charge in [-0.3, -0.25) is 0 Å². The van der Waals surface area contributed by atoms with Crippen LogP contribution in [0.25, 0.3) is 0 Å². The van der Waals surface area contributed by atoms with Gasteiger partial charge in [-0.15, -0.1) is 0 Å². The van der Waals surface area contributed by atoms with Crippen molar-refractivity contribution in [2.75, 3.05) is 6.54 Å². The van der Waals surface area contributed by atoms with Crippen LogP contribution >= 0.6 is 0 Å². The third kappa shape index (κ3) is 3.29. The predicted molar refractivity (Wildman–Crippen MR) is 65.7 cm³/mol. The average Bonchev–Trinajstić information content (AvgIpc) is 3.09. The van der Waals surface area contributed by atoms with Gasteiger partial charge in [0, 0.05) is 6.54 Å². The lowest BCUT2D eigenvalue weighted by molar-refractivity contribution is 0.577. The van der Waals surface area contributed by atoms with Crippen LogP contribution in [0.4, 0.5) is 0 Å². The molecule has 1 aromatic rings. The Morgan fingerprint density at radius 2 is 1.78 bits per heavy atom. The lowest BCUT2D eigenvalue weighted by atomic mass is 10.4. The molecule has 0 amide bonds. The summed E-state index contributed by atoms with van der Waals surface area (Å²) in [6.07, 6.45) is 2.06. The van der Waals surface area contributed by atoms with Crippen LogP contribution in [0.1, 0.15) is 12.8 Å². The molecule has 0 aliphatic heterocycles. The van der Waals surface area contributed by atoms with E-state index in [9.17, 15) is 16.8 Å². The first-order chi connectivity index (χ1) is 8.29. The third-order valence-electron chi connectivity index (χ3n) is 2.70. The first kappa shape index (κ1) is 13.5. The molecule has 0 atom stereocenters. The summed E-state index contributed by atoms with van der Waals surface area (Å²) in [6.45, 7) is 0.391. The van der Waals surface area contributed by atoms with E-state index in [2.05, 4.69) is 4.72 Å². The average molecular weight is 290 g/mol. The number of hydrogen-bond acceptors (Lipinski definition) is 4. The van der Waals surface area contributed by atoms with Gasteiger partial charge in [-0.05, 0) is 37.0 Å². The van der Waals surface area contributed by atoms with Crippen molar-refractivity contribution in [3.8, 4) is 0 Å². The Morgan fingerprint density at radius 1 is 1.17 bits per heavy atom. The summed E-state index contributed by atoms with van der Waals surface area (Å²) in [5.74, 6) is 0.404. The minimum Gasteiger partial charge on any atom is -0.225 e. The smallest absolute Gasteiger partial charge is 0.225 e. The van der Waals surface area contributed by atoms with Crippen molar-refractivity contribution in [3.63, 3.8) is 0 Å². The highest BCUT2D eigenvalue weighted by molar-refractivity contribution is 7.90. The molecular formula is C10H14N2O4S2. The minimum absolute atomic E-state index is 0.0883. The van der Waals surface area contributed by atoms with Gasteiger partial charge in [0.2, 0.25) is 20.0 Å². The second-order valence-corrected chi connectivity index (χ2v) is 7.64. The Labute approximate surface area is 106 Å². The second kappa shape index (κ2) is 4.61. The monoisotopic (exact) mass is 290 g/mol. The Morgan fingerprint density at radius 3 is 2.33 bits per heavy atom. The van der Waals surface area contributed by atoms with Gasteiger partial charge in [0.05, 0.1) is 9.79 Å². The van der Waals surface area contributed by atoms with Crippen molar-refractivity contribution >= 4 is 20.0 Å². The van der Waals surface area contributed by atoms with Gasteiger partial charge < -0.3 is 0 Å². The van der Waals surface area contributed by atoms with Gasteiger partial charge >= 0.3 is 0 Å². The molecule has 0 heterocycles. The van der Waals surface area contributed by atoms with E-state index in [-0.39, 0.29) is 9.79 Å². The fraction of sp³-hybridized carbons (Fsp3) is 0.400. The largest absolute Gasteiger partial charge is 0.240 e. The molecule has 0 bridgehead atoms. The number of nitrogens with one attached hydrogen (secondary N) is 1. The Kier molecular flexibility index (Phi) is 3.45. The molecule has 0 saturated heterocycles. The first-order valence-corrected chi connectivity index (χ1v) is 8.44. The van der Waals surface area contributed by atoms with Crippen molar-refractivity contribution in [3.05, 3.63) is 24.3 Å². The van der Waals surface area contributed by atoms with Crippen LogP contribution in [0.3, 0.4) is 0 Å². The summed E-state index contributed by atoms with van der Waals surface area (Å²) < 4.78 is 48.5. The molecule has 18 heavy (non-hydrogen) atoms. The topological polar surface area (TPSA) is 106 Å². The Balaban J connectivity index is 2.26. The van der Waals surface area contributed by atoms with Crippen LogP contribution in [-0.2, 0) is 20.0 Å². The third-order valence-corrected chi connectivity index (χ3v) is 5.04. The van der Waals surface area contributed by atoms with Crippen LogP contribution in [0, 0.1) is 5.92 Å². The fourth-order valence-corrected chi connectivity index (χ4v) is 3.25. The van der Waals surface area contributed by atoms with E-state index in [0.29, 0.717) is 12.5 Å². The van der Waals surface area contributed by atoms with E-state index in [0.717, 1.165) is 18.9 Å². The lowest BCUT2D eigenvalue weighted by Crippen LogP contribution is -2.26. The van der Waals surface area contributed by atoms with E-state index in [1.807, 2.05) is 0 Å². The molecule has 6 nitrogen and oxygen atoms in total. The van der Waals surface area contributed by atoms with Gasteiger partial charge in [-0.2, -0.15) is 0 Å². The zero-order valence-corrected chi connectivity index (χ0v) is 11.2. The van der Waals surface area contributed by atoms with Crippen LogP contribution in [0.5, 0.6) is 0 Å². The molecule has 2 rings (SSSR count). The lowest BCUT2D eigenvalue weighted by Gasteiger charge is -2.07. The summed E-state index contributed by atoms with van der Waals surface area (Å²) in [5.41, 5.74) is 0. The first-order valence-electron chi connectivity index (χ1n) is 5.41. The fourth-order valence-electron chi connectivity index (χ4n) is 1.45. The minimum atomic E-state index is -3.90. The van der Waals surface area contributed by atoms with Gasteiger partial charge in [-0.25, -0.2) is 26.7 Å². The van der Waals surface area contributed by atoms with E-state index >= 15 is 0 Å². The molecule has 1 aliphatic rings. The molecule has 8 heteroatoms. The maximum atomic E-state index is 11.9. The van der Waals surface area contributed by atoms with Crippen LogP contribution in [-0.4, -0.2) is 23.4 Å². The maximum Gasteiger partial charge on any atom is 0.240 e. The van der Waals surface area contributed by atoms with Gasteiger partial charge in [0.1, 0.15) is 0 Å². The Bertz CT molecular complexity index is 648. The van der Waals surface area contributed by atoms with Gasteiger partial charge in [0.25, 0.3) is 0 Å². The molecular weight excluding hydrogens is 276 g/mol. The number of primary sulfonamides is 1. The zero-order chi connectivity index (χ0) is 13.4. The predicted octanol–water partition coefficient (Wildman–Crippen LogP) is 0.0223. The number of sulfonamides is 2. The van der Waals surface area contributed by atoms with E-state index in [1.54, 1.807) is 0 Å². The highest BCUT2D eigenvalue weighted by Gasteiger charge is 2.24. The highest BCUT2D eigenvalue weighted by atomic mass is 32.2. The molecule has 1 fully saturated rings. The second-order valence-electron chi connectivity index (χ2n) is 4.32. The van der Waals surface area contributed by atoms with Crippen molar-refractivity contribution in [1.29, 1.82) is 0 Å². The van der Waals surface area contributed by atoms with E-state index in [4.69, 9.17) is 5.14 Å². The summed E-state index contributed by atoms with van der Waals surface area (Å²) >= 11 is 0. The van der Waals surface area contributed by atoms with Gasteiger partial charge in [-0.1, -0.05) is 6.07 Å². The van der Waals surface area contributed by atoms with Crippen LogP contribution in [0.15, 0.2) is 34.1 Å². The number of hydrogen-bond donors (Lipinski definition) is 2. The summed E-state index contributed by atoms with van der Waals surface area (Å²) in [5, 5.41) is 4.96. The summed E-state index contributed by atoms with van der Waals surface area (Å²) in [6, 6.07) is 5.01. The van der Waals surface area contributed by atoms with Crippen molar-refractivity contribution in [2.45, 2.75) is 22.6 Å². The highest BCUT2D eigenvalue weighted by Crippen LogP contribution is 2.28. The van der Waals surface area contributed by atoms with Crippen molar-refractivity contribution in [1.82, 2.24) is 4.72 Å². The Hall–Kier alpha value is -0.960. The molecule has 0 radical (unpaired) electrons. The van der Waals surface area contributed by atoms with Crippen LogP contribution in [0.2, 0.25) is 0 Å². The van der Waals surface area contributed by atoms with Crippen LogP contribution < -0.4 is 9.86 Å². The van der Waals surface area contributed by atoms with E-state index < -0.39 is 20.0 Å². The normalized spacial score (nSPS) is 16.7. The van der Waals surface area contributed by atoms with Crippen molar-refractivity contribution in [2.24, 2.45) is 11.1 Å². The number of benzene rings is 1. The van der Waals surface area contributed by atoms with E-state index in [1.165, 1.54) is 18.2 Å².